The SMILES string of the molecule is Fc1ccccc1COc1cnn(-c2ccccc2)c1. The van der Waals surface area contributed by atoms with E-state index in [1.54, 1.807) is 35.3 Å². The second kappa shape index (κ2) is 5.57. The molecule has 0 aliphatic rings. The van der Waals surface area contributed by atoms with Crippen molar-refractivity contribution in [1.82, 2.24) is 9.78 Å². The smallest absolute Gasteiger partial charge is 0.158 e. The summed E-state index contributed by atoms with van der Waals surface area (Å²) in [6, 6.07) is 16.3. The van der Waals surface area contributed by atoms with Gasteiger partial charge >= 0.3 is 0 Å². The maximum Gasteiger partial charge on any atom is 0.158 e. The summed E-state index contributed by atoms with van der Waals surface area (Å²) in [6.45, 7) is 0.188. The van der Waals surface area contributed by atoms with Crippen LogP contribution in [0.4, 0.5) is 4.39 Å². The van der Waals surface area contributed by atoms with Gasteiger partial charge in [-0.1, -0.05) is 36.4 Å². The minimum absolute atomic E-state index is 0.188. The summed E-state index contributed by atoms with van der Waals surface area (Å²) in [5.41, 5.74) is 1.48. The zero-order chi connectivity index (χ0) is 13.8. The largest absolute Gasteiger partial charge is 0.485 e. The number of hydrogen-bond acceptors (Lipinski definition) is 2. The van der Waals surface area contributed by atoms with E-state index in [9.17, 15) is 4.39 Å². The van der Waals surface area contributed by atoms with Gasteiger partial charge < -0.3 is 4.74 Å². The number of nitrogens with zero attached hydrogens (tertiary/aromatic N) is 2. The minimum Gasteiger partial charge on any atom is -0.485 e. The average Bonchev–Trinajstić information content (AvgIpc) is 2.96. The van der Waals surface area contributed by atoms with Gasteiger partial charge in [-0.3, -0.25) is 0 Å². The van der Waals surface area contributed by atoms with Crippen LogP contribution in [0.3, 0.4) is 0 Å². The first-order valence-electron chi connectivity index (χ1n) is 6.29. The Bertz CT molecular complexity index is 694. The van der Waals surface area contributed by atoms with Crippen LogP contribution in [0.5, 0.6) is 5.75 Å². The van der Waals surface area contributed by atoms with E-state index in [-0.39, 0.29) is 12.4 Å². The third-order valence-corrected chi connectivity index (χ3v) is 2.93. The molecule has 0 amide bonds. The van der Waals surface area contributed by atoms with Crippen molar-refractivity contribution in [1.29, 1.82) is 0 Å². The Kier molecular flexibility index (Phi) is 3.46. The van der Waals surface area contributed by atoms with E-state index in [1.807, 2.05) is 30.3 Å². The Morgan fingerprint density at radius 3 is 2.55 bits per heavy atom. The molecule has 0 aliphatic heterocycles. The molecule has 20 heavy (non-hydrogen) atoms. The van der Waals surface area contributed by atoms with Crippen LogP contribution in [0.25, 0.3) is 5.69 Å². The Balaban J connectivity index is 1.71. The second-order valence-corrected chi connectivity index (χ2v) is 4.34. The van der Waals surface area contributed by atoms with Gasteiger partial charge in [-0.05, 0) is 18.2 Å². The molecule has 0 fully saturated rings. The van der Waals surface area contributed by atoms with E-state index in [2.05, 4.69) is 5.10 Å². The lowest BCUT2D eigenvalue weighted by Crippen LogP contribution is -1.97. The molecule has 0 saturated carbocycles. The number of hydrogen-bond donors (Lipinski definition) is 0. The van der Waals surface area contributed by atoms with E-state index in [4.69, 9.17) is 4.74 Å². The number of rotatable bonds is 4. The molecule has 2 aromatic carbocycles. The average molecular weight is 268 g/mol. The molecule has 3 aromatic rings. The summed E-state index contributed by atoms with van der Waals surface area (Å²) in [5.74, 6) is 0.347. The second-order valence-electron chi connectivity index (χ2n) is 4.34. The number of ether oxygens (including phenoxy) is 1. The van der Waals surface area contributed by atoms with Crippen molar-refractivity contribution >= 4 is 0 Å². The van der Waals surface area contributed by atoms with Gasteiger partial charge in [0.2, 0.25) is 0 Å². The number of halogens is 1. The molecule has 0 spiro atoms. The van der Waals surface area contributed by atoms with Crippen molar-refractivity contribution in [2.24, 2.45) is 0 Å². The highest BCUT2D eigenvalue weighted by Crippen LogP contribution is 2.16. The maximum atomic E-state index is 13.5. The topological polar surface area (TPSA) is 27.1 Å². The lowest BCUT2D eigenvalue weighted by Gasteiger charge is -2.04. The minimum atomic E-state index is -0.261. The third kappa shape index (κ3) is 2.69. The van der Waals surface area contributed by atoms with E-state index in [0.717, 1.165) is 5.69 Å². The predicted octanol–water partition coefficient (Wildman–Crippen LogP) is 3.59. The van der Waals surface area contributed by atoms with Crippen molar-refractivity contribution in [3.63, 3.8) is 0 Å². The molecular weight excluding hydrogens is 255 g/mol. The third-order valence-electron chi connectivity index (χ3n) is 2.93. The zero-order valence-corrected chi connectivity index (χ0v) is 10.7. The standard InChI is InChI=1S/C16H13FN2O/c17-16-9-5-4-6-13(16)12-20-15-10-18-19(11-15)14-7-2-1-3-8-14/h1-11H,12H2. The van der Waals surface area contributed by atoms with Crippen LogP contribution in [-0.4, -0.2) is 9.78 Å². The number of aromatic nitrogens is 2. The first-order valence-corrected chi connectivity index (χ1v) is 6.29. The highest BCUT2D eigenvalue weighted by atomic mass is 19.1. The quantitative estimate of drug-likeness (QED) is 0.723. The molecule has 0 aliphatic carbocycles. The normalized spacial score (nSPS) is 10.4. The maximum absolute atomic E-state index is 13.5. The summed E-state index contributed by atoms with van der Waals surface area (Å²) in [4.78, 5) is 0. The van der Waals surface area contributed by atoms with Gasteiger partial charge in [0.1, 0.15) is 12.4 Å². The fraction of sp³-hybridized carbons (Fsp3) is 0.0625. The van der Waals surface area contributed by atoms with Crippen LogP contribution < -0.4 is 4.74 Å². The molecule has 100 valence electrons. The van der Waals surface area contributed by atoms with Crippen LogP contribution in [-0.2, 0) is 6.61 Å². The first kappa shape index (κ1) is 12.4. The van der Waals surface area contributed by atoms with Gasteiger partial charge in [-0.2, -0.15) is 5.10 Å². The zero-order valence-electron chi connectivity index (χ0n) is 10.7. The molecule has 0 N–H and O–H groups in total. The Hall–Kier alpha value is -2.62. The van der Waals surface area contributed by atoms with E-state index in [1.165, 1.54) is 6.07 Å². The molecule has 0 saturated heterocycles. The van der Waals surface area contributed by atoms with Gasteiger partial charge in [0.05, 0.1) is 18.1 Å². The fourth-order valence-corrected chi connectivity index (χ4v) is 1.88. The summed E-state index contributed by atoms with van der Waals surface area (Å²) in [5, 5.41) is 4.22. The molecule has 1 heterocycles. The van der Waals surface area contributed by atoms with Gasteiger partial charge in [-0.15, -0.1) is 0 Å². The Labute approximate surface area is 116 Å². The monoisotopic (exact) mass is 268 g/mol. The van der Waals surface area contributed by atoms with Crippen molar-refractivity contribution in [2.75, 3.05) is 0 Å². The van der Waals surface area contributed by atoms with Crippen LogP contribution in [0.2, 0.25) is 0 Å². The molecule has 4 heteroatoms. The van der Waals surface area contributed by atoms with E-state index >= 15 is 0 Å². The molecule has 3 rings (SSSR count). The predicted molar refractivity (Wildman–Crippen MR) is 74.3 cm³/mol. The van der Waals surface area contributed by atoms with Gasteiger partial charge in [0.25, 0.3) is 0 Å². The van der Waals surface area contributed by atoms with Crippen LogP contribution in [0.15, 0.2) is 67.0 Å². The highest BCUT2D eigenvalue weighted by Gasteiger charge is 2.04. The van der Waals surface area contributed by atoms with Crippen molar-refractivity contribution in [3.8, 4) is 11.4 Å². The Morgan fingerprint density at radius 1 is 1.00 bits per heavy atom. The van der Waals surface area contributed by atoms with Gasteiger partial charge in [-0.25, -0.2) is 9.07 Å². The molecule has 0 unspecified atom stereocenters. The molecule has 0 bridgehead atoms. The molecule has 3 nitrogen and oxygen atoms in total. The van der Waals surface area contributed by atoms with Crippen LogP contribution in [0, 0.1) is 5.82 Å². The highest BCUT2D eigenvalue weighted by molar-refractivity contribution is 5.32. The van der Waals surface area contributed by atoms with Crippen LogP contribution >= 0.6 is 0 Å². The summed E-state index contributed by atoms with van der Waals surface area (Å²) in [7, 11) is 0. The van der Waals surface area contributed by atoms with E-state index < -0.39 is 0 Å². The van der Waals surface area contributed by atoms with Crippen molar-refractivity contribution in [3.05, 3.63) is 78.4 Å². The number of para-hydroxylation sites is 1. The lowest BCUT2D eigenvalue weighted by atomic mass is 10.2. The summed E-state index contributed by atoms with van der Waals surface area (Å²) >= 11 is 0. The van der Waals surface area contributed by atoms with Gasteiger partial charge in [0.15, 0.2) is 5.75 Å². The summed E-state index contributed by atoms with van der Waals surface area (Å²) in [6.07, 6.45) is 3.39. The Morgan fingerprint density at radius 2 is 1.75 bits per heavy atom. The first-order chi connectivity index (χ1) is 9.83. The van der Waals surface area contributed by atoms with Crippen molar-refractivity contribution < 1.29 is 9.13 Å². The molecule has 1 aromatic heterocycles. The molecule has 0 radical (unpaired) electrons. The van der Waals surface area contributed by atoms with Crippen LogP contribution in [0.1, 0.15) is 5.56 Å². The summed E-state index contributed by atoms with van der Waals surface area (Å²) < 4.78 is 20.7. The van der Waals surface area contributed by atoms with Gasteiger partial charge in [0, 0.05) is 5.56 Å². The van der Waals surface area contributed by atoms with Crippen molar-refractivity contribution in [2.45, 2.75) is 6.61 Å². The molecule has 0 atom stereocenters. The fourth-order valence-electron chi connectivity index (χ4n) is 1.88. The van der Waals surface area contributed by atoms with E-state index in [0.29, 0.717) is 11.3 Å². The lowest BCUT2D eigenvalue weighted by molar-refractivity contribution is 0.300. The molecular formula is C16H13FN2O. The number of benzene rings is 2.